The summed E-state index contributed by atoms with van der Waals surface area (Å²) in [6.07, 6.45) is 4.71. The molecular formula is C18H13Cl2N5OS. The number of nitrogens with one attached hydrogen (secondary N) is 2. The van der Waals surface area contributed by atoms with Crippen LogP contribution in [0.5, 0.6) is 0 Å². The summed E-state index contributed by atoms with van der Waals surface area (Å²) in [5.74, 6) is 0.436. The number of hydrogen-bond acceptors (Lipinski definition) is 5. The van der Waals surface area contributed by atoms with E-state index in [0.717, 1.165) is 10.9 Å². The third-order valence-electron chi connectivity index (χ3n) is 4.06. The average molecular weight is 418 g/mol. The SMILES string of the molecule is C[C@H](Sc1n[nH]c(-c2c(Cl)cncc2Cl)n1)C(=O)c1c[nH]c2ccccc12. The van der Waals surface area contributed by atoms with Crippen LogP contribution >= 0.6 is 35.0 Å². The molecule has 0 unspecified atom stereocenters. The lowest BCUT2D eigenvalue weighted by Gasteiger charge is -2.06. The molecule has 1 aromatic carbocycles. The number of carbonyl (C=O) groups excluding carboxylic acids is 1. The summed E-state index contributed by atoms with van der Waals surface area (Å²) in [6, 6.07) is 7.70. The number of fused-ring (bicyclic) bond motifs is 1. The number of carbonyl (C=O) groups is 1. The highest BCUT2D eigenvalue weighted by molar-refractivity contribution is 8.00. The van der Waals surface area contributed by atoms with Gasteiger partial charge in [0.1, 0.15) is 0 Å². The van der Waals surface area contributed by atoms with Gasteiger partial charge in [0.2, 0.25) is 5.16 Å². The third kappa shape index (κ3) is 3.45. The lowest BCUT2D eigenvalue weighted by Crippen LogP contribution is -2.13. The maximum Gasteiger partial charge on any atom is 0.209 e. The maximum atomic E-state index is 12.9. The Morgan fingerprint density at radius 2 is 1.93 bits per heavy atom. The van der Waals surface area contributed by atoms with Crippen molar-refractivity contribution < 1.29 is 4.79 Å². The summed E-state index contributed by atoms with van der Waals surface area (Å²) in [5.41, 5.74) is 2.12. The van der Waals surface area contributed by atoms with E-state index in [2.05, 4.69) is 25.1 Å². The molecular weight excluding hydrogens is 405 g/mol. The first kappa shape index (κ1) is 18.0. The summed E-state index contributed by atoms with van der Waals surface area (Å²) in [6.45, 7) is 1.83. The summed E-state index contributed by atoms with van der Waals surface area (Å²) in [7, 11) is 0. The van der Waals surface area contributed by atoms with E-state index >= 15 is 0 Å². The molecule has 9 heteroatoms. The van der Waals surface area contributed by atoms with E-state index in [1.807, 2.05) is 31.2 Å². The standard InChI is InChI=1S/C18H13Cl2N5OS/c1-9(16(26)11-6-22-14-5-3-2-4-10(11)14)27-18-23-17(24-25-18)15-12(19)7-21-8-13(15)20/h2-9,22H,1H3,(H,23,24,25)/t9-/m0/s1. The van der Waals surface area contributed by atoms with Crippen LogP contribution in [0.25, 0.3) is 22.3 Å². The van der Waals surface area contributed by atoms with Gasteiger partial charge in [0.15, 0.2) is 11.6 Å². The Kier molecular flexibility index (Phi) is 4.90. The number of aromatic amines is 2. The first-order valence-corrected chi connectivity index (χ1v) is 9.67. The number of thioether (sulfide) groups is 1. The molecule has 0 spiro atoms. The molecule has 0 aliphatic heterocycles. The van der Waals surface area contributed by atoms with Gasteiger partial charge in [-0.3, -0.25) is 14.9 Å². The van der Waals surface area contributed by atoms with Crippen LogP contribution in [0.1, 0.15) is 17.3 Å². The Labute approximate surface area is 168 Å². The van der Waals surface area contributed by atoms with Gasteiger partial charge in [-0.2, -0.15) is 0 Å². The average Bonchev–Trinajstić information content (AvgIpc) is 3.28. The van der Waals surface area contributed by atoms with Gasteiger partial charge in [0, 0.05) is 35.1 Å². The third-order valence-corrected chi connectivity index (χ3v) is 5.60. The zero-order valence-electron chi connectivity index (χ0n) is 14.0. The number of ketones is 1. The molecule has 4 aromatic rings. The zero-order valence-corrected chi connectivity index (χ0v) is 16.4. The van der Waals surface area contributed by atoms with Crippen LogP contribution in [-0.4, -0.2) is 36.2 Å². The highest BCUT2D eigenvalue weighted by atomic mass is 35.5. The maximum absolute atomic E-state index is 12.9. The minimum absolute atomic E-state index is 0.00350. The molecule has 4 rings (SSSR count). The number of benzene rings is 1. The van der Waals surface area contributed by atoms with Crippen molar-refractivity contribution in [2.24, 2.45) is 0 Å². The minimum atomic E-state index is -0.365. The van der Waals surface area contributed by atoms with E-state index in [4.69, 9.17) is 23.2 Å². The number of Topliss-reactive ketones (excluding diaryl/α,β-unsaturated/α-hetero) is 1. The molecule has 0 saturated heterocycles. The molecule has 27 heavy (non-hydrogen) atoms. The first-order chi connectivity index (χ1) is 13.0. The van der Waals surface area contributed by atoms with Crippen molar-refractivity contribution in [2.75, 3.05) is 0 Å². The molecule has 0 radical (unpaired) electrons. The molecule has 1 atom stereocenters. The largest absolute Gasteiger partial charge is 0.360 e. The van der Waals surface area contributed by atoms with Crippen molar-refractivity contribution in [3.63, 3.8) is 0 Å². The number of pyridine rings is 1. The minimum Gasteiger partial charge on any atom is -0.360 e. The Hall–Kier alpha value is -2.35. The van der Waals surface area contributed by atoms with Gasteiger partial charge in [0.05, 0.1) is 20.9 Å². The van der Waals surface area contributed by atoms with E-state index in [1.165, 1.54) is 24.2 Å². The van der Waals surface area contributed by atoms with Crippen LogP contribution in [0.3, 0.4) is 0 Å². The van der Waals surface area contributed by atoms with E-state index in [0.29, 0.717) is 32.2 Å². The van der Waals surface area contributed by atoms with Crippen LogP contribution in [-0.2, 0) is 0 Å². The number of aromatic nitrogens is 5. The van der Waals surface area contributed by atoms with Crippen molar-refractivity contribution in [3.8, 4) is 11.4 Å². The predicted octanol–water partition coefficient (Wildman–Crippen LogP) is 5.02. The second kappa shape index (κ2) is 7.34. The highest BCUT2D eigenvalue weighted by Crippen LogP contribution is 2.33. The Balaban J connectivity index is 1.56. The fourth-order valence-corrected chi connectivity index (χ4v) is 4.09. The Morgan fingerprint density at radius 3 is 2.70 bits per heavy atom. The van der Waals surface area contributed by atoms with Crippen molar-refractivity contribution in [3.05, 3.63) is 58.5 Å². The normalized spacial score (nSPS) is 12.4. The monoisotopic (exact) mass is 417 g/mol. The van der Waals surface area contributed by atoms with E-state index in [9.17, 15) is 4.79 Å². The van der Waals surface area contributed by atoms with Crippen molar-refractivity contribution >= 4 is 51.6 Å². The van der Waals surface area contributed by atoms with E-state index in [-0.39, 0.29) is 11.0 Å². The van der Waals surface area contributed by atoms with E-state index in [1.54, 1.807) is 6.20 Å². The number of H-pyrrole nitrogens is 2. The first-order valence-electron chi connectivity index (χ1n) is 8.03. The molecule has 2 N–H and O–H groups in total. The molecule has 0 bridgehead atoms. The number of hydrogen-bond donors (Lipinski definition) is 2. The molecule has 0 saturated carbocycles. The predicted molar refractivity (Wildman–Crippen MR) is 108 cm³/mol. The quantitative estimate of drug-likeness (QED) is 0.351. The number of halogens is 2. The molecule has 0 fully saturated rings. The molecule has 0 aliphatic rings. The lowest BCUT2D eigenvalue weighted by molar-refractivity contribution is 0.0995. The van der Waals surface area contributed by atoms with Crippen LogP contribution in [0.4, 0.5) is 0 Å². The van der Waals surface area contributed by atoms with Crippen molar-refractivity contribution in [1.82, 2.24) is 25.1 Å². The molecule has 0 amide bonds. The van der Waals surface area contributed by atoms with Gasteiger partial charge in [-0.25, -0.2) is 4.98 Å². The smallest absolute Gasteiger partial charge is 0.209 e. The molecule has 0 aliphatic carbocycles. The van der Waals surface area contributed by atoms with Crippen molar-refractivity contribution in [2.45, 2.75) is 17.3 Å². The van der Waals surface area contributed by atoms with E-state index < -0.39 is 0 Å². The van der Waals surface area contributed by atoms with Crippen LogP contribution < -0.4 is 0 Å². The molecule has 3 aromatic heterocycles. The summed E-state index contributed by atoms with van der Waals surface area (Å²) in [4.78, 5) is 24.3. The number of rotatable bonds is 5. The van der Waals surface area contributed by atoms with Crippen LogP contribution in [0.2, 0.25) is 10.0 Å². The molecule has 136 valence electrons. The summed E-state index contributed by atoms with van der Waals surface area (Å²) in [5, 5.41) is 8.71. The lowest BCUT2D eigenvalue weighted by atomic mass is 10.1. The van der Waals surface area contributed by atoms with Gasteiger partial charge in [-0.1, -0.05) is 53.2 Å². The fourth-order valence-electron chi connectivity index (χ4n) is 2.75. The summed E-state index contributed by atoms with van der Waals surface area (Å²) < 4.78 is 0. The van der Waals surface area contributed by atoms with Gasteiger partial charge in [0.25, 0.3) is 0 Å². The van der Waals surface area contributed by atoms with Crippen LogP contribution in [0, 0.1) is 0 Å². The second-order valence-electron chi connectivity index (χ2n) is 5.82. The van der Waals surface area contributed by atoms with Crippen molar-refractivity contribution in [1.29, 1.82) is 0 Å². The zero-order chi connectivity index (χ0) is 19.0. The molecule has 6 nitrogen and oxygen atoms in total. The topological polar surface area (TPSA) is 87.3 Å². The van der Waals surface area contributed by atoms with Crippen LogP contribution in [0.15, 0.2) is 48.0 Å². The number of para-hydroxylation sites is 1. The number of nitrogens with zero attached hydrogens (tertiary/aromatic N) is 3. The molecule has 3 heterocycles. The Bertz CT molecular complexity index is 1120. The fraction of sp³-hybridized carbons (Fsp3) is 0.111. The van der Waals surface area contributed by atoms with Gasteiger partial charge >= 0.3 is 0 Å². The summed E-state index contributed by atoms with van der Waals surface area (Å²) >= 11 is 13.6. The van der Waals surface area contributed by atoms with Gasteiger partial charge < -0.3 is 4.98 Å². The highest BCUT2D eigenvalue weighted by Gasteiger charge is 2.22. The van der Waals surface area contributed by atoms with Gasteiger partial charge in [-0.15, -0.1) is 5.10 Å². The van der Waals surface area contributed by atoms with Gasteiger partial charge in [-0.05, 0) is 13.0 Å². The Morgan fingerprint density at radius 1 is 1.19 bits per heavy atom. The second-order valence-corrected chi connectivity index (χ2v) is 7.94.